The van der Waals surface area contributed by atoms with Crippen molar-refractivity contribution in [1.29, 1.82) is 0 Å². The molecule has 0 N–H and O–H groups in total. The number of benzene rings is 1. The van der Waals surface area contributed by atoms with Crippen molar-refractivity contribution in [3.05, 3.63) is 29.8 Å². The van der Waals surface area contributed by atoms with E-state index in [0.29, 0.717) is 18.9 Å². The molecule has 7 heteroatoms. The summed E-state index contributed by atoms with van der Waals surface area (Å²) >= 11 is 0. The molecule has 3 rings (SSSR count). The second-order valence-electron chi connectivity index (χ2n) is 6.88. The van der Waals surface area contributed by atoms with Gasteiger partial charge in [-0.25, -0.2) is 0 Å². The van der Waals surface area contributed by atoms with Crippen molar-refractivity contribution in [2.45, 2.75) is 38.6 Å². The van der Waals surface area contributed by atoms with Gasteiger partial charge in [-0.05, 0) is 49.4 Å². The van der Waals surface area contributed by atoms with Gasteiger partial charge in [0.25, 0.3) is 0 Å². The van der Waals surface area contributed by atoms with Crippen LogP contribution in [0.15, 0.2) is 24.3 Å². The summed E-state index contributed by atoms with van der Waals surface area (Å²) in [6.07, 6.45) is -0.820. The fourth-order valence-corrected chi connectivity index (χ4v) is 3.71. The van der Waals surface area contributed by atoms with Crippen LogP contribution in [0.5, 0.6) is 5.75 Å². The third-order valence-electron chi connectivity index (χ3n) is 4.82. The standard InChI is InChI=1S/C18H23F3N2O2/c19-18(20,21)25-16-7-5-14(6-8-16)11-22-9-1-3-15(12-22)13-23-10-2-4-17(23)24/h5-8,15H,1-4,9-13H2. The van der Waals surface area contributed by atoms with Crippen molar-refractivity contribution < 1.29 is 22.7 Å². The van der Waals surface area contributed by atoms with Gasteiger partial charge in [0.2, 0.25) is 5.91 Å². The molecule has 1 aromatic carbocycles. The van der Waals surface area contributed by atoms with Gasteiger partial charge in [-0.1, -0.05) is 12.1 Å². The second-order valence-corrected chi connectivity index (χ2v) is 6.88. The molecule has 1 unspecified atom stereocenters. The third kappa shape index (κ3) is 5.36. The van der Waals surface area contributed by atoms with Crippen LogP contribution in [0.1, 0.15) is 31.2 Å². The molecule has 0 bridgehead atoms. The Bertz CT molecular complexity index is 589. The fourth-order valence-electron chi connectivity index (χ4n) is 3.71. The Morgan fingerprint density at radius 2 is 1.88 bits per heavy atom. The number of ether oxygens (including phenoxy) is 1. The Balaban J connectivity index is 1.51. The smallest absolute Gasteiger partial charge is 0.406 e. The predicted molar refractivity (Wildman–Crippen MR) is 86.9 cm³/mol. The van der Waals surface area contributed by atoms with E-state index >= 15 is 0 Å². The van der Waals surface area contributed by atoms with Crippen molar-refractivity contribution in [2.75, 3.05) is 26.2 Å². The van der Waals surface area contributed by atoms with Gasteiger partial charge in [-0.15, -0.1) is 13.2 Å². The van der Waals surface area contributed by atoms with Crippen LogP contribution in [0.2, 0.25) is 0 Å². The van der Waals surface area contributed by atoms with Crippen LogP contribution >= 0.6 is 0 Å². The molecule has 2 saturated heterocycles. The minimum absolute atomic E-state index is 0.194. The zero-order chi connectivity index (χ0) is 17.9. The molecule has 0 aromatic heterocycles. The van der Waals surface area contributed by atoms with Crippen LogP contribution in [0.25, 0.3) is 0 Å². The van der Waals surface area contributed by atoms with Gasteiger partial charge in [0.1, 0.15) is 5.75 Å². The van der Waals surface area contributed by atoms with Gasteiger partial charge >= 0.3 is 6.36 Å². The maximum Gasteiger partial charge on any atom is 0.573 e. The number of likely N-dealkylation sites (tertiary alicyclic amines) is 2. The van der Waals surface area contributed by atoms with Gasteiger partial charge in [0.15, 0.2) is 0 Å². The van der Waals surface area contributed by atoms with E-state index in [9.17, 15) is 18.0 Å². The number of halogens is 3. The summed E-state index contributed by atoms with van der Waals surface area (Å²) in [6.45, 7) is 4.30. The van der Waals surface area contributed by atoms with E-state index in [1.165, 1.54) is 12.1 Å². The lowest BCUT2D eigenvalue weighted by Gasteiger charge is -2.34. The first-order valence-electron chi connectivity index (χ1n) is 8.74. The molecule has 0 spiro atoms. The molecule has 1 atom stereocenters. The molecular weight excluding hydrogens is 333 g/mol. The van der Waals surface area contributed by atoms with Crippen molar-refractivity contribution in [2.24, 2.45) is 5.92 Å². The first-order chi connectivity index (χ1) is 11.9. The maximum atomic E-state index is 12.2. The average Bonchev–Trinajstić information content (AvgIpc) is 2.93. The summed E-state index contributed by atoms with van der Waals surface area (Å²) in [5.74, 6) is 0.543. The Kier molecular flexibility index (Phi) is 5.51. The Hall–Kier alpha value is -1.76. The van der Waals surface area contributed by atoms with E-state index in [4.69, 9.17) is 0 Å². The maximum absolute atomic E-state index is 12.2. The normalized spacial score (nSPS) is 22.4. The SMILES string of the molecule is O=C1CCCN1CC1CCCN(Cc2ccc(OC(F)(F)F)cc2)C1. The van der Waals surface area contributed by atoms with Crippen molar-refractivity contribution in [1.82, 2.24) is 9.80 Å². The van der Waals surface area contributed by atoms with E-state index in [-0.39, 0.29) is 11.7 Å². The van der Waals surface area contributed by atoms with E-state index in [1.54, 1.807) is 12.1 Å². The highest BCUT2D eigenvalue weighted by Gasteiger charge is 2.31. The molecule has 0 radical (unpaired) electrons. The Morgan fingerprint density at radius 3 is 2.52 bits per heavy atom. The molecule has 25 heavy (non-hydrogen) atoms. The zero-order valence-corrected chi connectivity index (χ0v) is 14.1. The van der Waals surface area contributed by atoms with E-state index < -0.39 is 6.36 Å². The van der Waals surface area contributed by atoms with Gasteiger partial charge in [-0.2, -0.15) is 0 Å². The van der Waals surface area contributed by atoms with Crippen LogP contribution < -0.4 is 4.74 Å². The first kappa shape index (κ1) is 18.0. The lowest BCUT2D eigenvalue weighted by atomic mass is 9.97. The van der Waals surface area contributed by atoms with E-state index in [2.05, 4.69) is 9.64 Å². The second kappa shape index (κ2) is 7.64. The quantitative estimate of drug-likeness (QED) is 0.810. The van der Waals surface area contributed by atoms with Crippen molar-refractivity contribution in [3.63, 3.8) is 0 Å². The third-order valence-corrected chi connectivity index (χ3v) is 4.82. The molecule has 1 amide bonds. The average molecular weight is 356 g/mol. The van der Waals surface area contributed by atoms with Crippen LogP contribution in [0, 0.1) is 5.92 Å². The van der Waals surface area contributed by atoms with E-state index in [1.807, 2.05) is 4.90 Å². The van der Waals surface area contributed by atoms with Crippen molar-refractivity contribution in [3.8, 4) is 5.75 Å². The zero-order valence-electron chi connectivity index (χ0n) is 14.1. The summed E-state index contributed by atoms with van der Waals surface area (Å²) in [5.41, 5.74) is 0.965. The predicted octanol–water partition coefficient (Wildman–Crippen LogP) is 3.42. The molecule has 2 aliphatic rings. The van der Waals surface area contributed by atoms with E-state index in [0.717, 1.165) is 51.0 Å². The van der Waals surface area contributed by atoms with Crippen LogP contribution in [-0.4, -0.2) is 48.2 Å². The molecule has 2 fully saturated rings. The number of carbonyl (C=O) groups excluding carboxylic acids is 1. The summed E-state index contributed by atoms with van der Waals surface area (Å²) in [5, 5.41) is 0. The van der Waals surface area contributed by atoms with Gasteiger partial charge < -0.3 is 9.64 Å². The molecule has 2 heterocycles. The summed E-state index contributed by atoms with van der Waals surface area (Å²) in [6, 6.07) is 6.06. The number of alkyl halides is 3. The summed E-state index contributed by atoms with van der Waals surface area (Å²) in [7, 11) is 0. The van der Waals surface area contributed by atoms with Gasteiger partial charge in [0.05, 0.1) is 0 Å². The Morgan fingerprint density at radius 1 is 1.12 bits per heavy atom. The molecule has 0 saturated carbocycles. The number of piperidine rings is 1. The number of carbonyl (C=O) groups is 1. The molecule has 0 aliphatic carbocycles. The highest BCUT2D eigenvalue weighted by molar-refractivity contribution is 5.78. The van der Waals surface area contributed by atoms with Crippen LogP contribution in [-0.2, 0) is 11.3 Å². The summed E-state index contributed by atoms with van der Waals surface area (Å²) < 4.78 is 40.5. The molecular formula is C18H23F3N2O2. The molecule has 138 valence electrons. The number of hydrogen-bond acceptors (Lipinski definition) is 3. The minimum atomic E-state index is -4.66. The topological polar surface area (TPSA) is 32.8 Å². The summed E-state index contributed by atoms with van der Waals surface area (Å²) in [4.78, 5) is 16.1. The highest BCUT2D eigenvalue weighted by Crippen LogP contribution is 2.25. The molecule has 2 aliphatic heterocycles. The van der Waals surface area contributed by atoms with Crippen LogP contribution in [0.4, 0.5) is 13.2 Å². The van der Waals surface area contributed by atoms with Crippen molar-refractivity contribution >= 4 is 5.91 Å². The number of nitrogens with zero attached hydrogens (tertiary/aromatic N) is 2. The number of amides is 1. The number of rotatable bonds is 5. The number of hydrogen-bond donors (Lipinski definition) is 0. The molecule has 4 nitrogen and oxygen atoms in total. The lowest BCUT2D eigenvalue weighted by Crippen LogP contribution is -2.41. The molecule has 1 aromatic rings. The Labute approximate surface area is 145 Å². The van der Waals surface area contributed by atoms with Crippen LogP contribution in [0.3, 0.4) is 0 Å². The van der Waals surface area contributed by atoms with Gasteiger partial charge in [0, 0.05) is 32.6 Å². The first-order valence-corrected chi connectivity index (χ1v) is 8.74. The highest BCUT2D eigenvalue weighted by atomic mass is 19.4. The minimum Gasteiger partial charge on any atom is -0.406 e. The lowest BCUT2D eigenvalue weighted by molar-refractivity contribution is -0.274. The van der Waals surface area contributed by atoms with Gasteiger partial charge in [-0.3, -0.25) is 9.69 Å². The monoisotopic (exact) mass is 356 g/mol. The fraction of sp³-hybridized carbons (Fsp3) is 0.611. The largest absolute Gasteiger partial charge is 0.573 e.